The molecule has 0 aromatic heterocycles. The average Bonchev–Trinajstić information content (AvgIpc) is 3.33. The molecule has 116 valence electrons. The minimum absolute atomic E-state index is 0.322. The molecule has 0 amide bonds. The van der Waals surface area contributed by atoms with Crippen molar-refractivity contribution in [3.8, 4) is 0 Å². The van der Waals surface area contributed by atoms with Crippen LogP contribution in [0.4, 0.5) is 0 Å². The Hall–Kier alpha value is -0.120. The molecule has 0 aromatic rings. The highest BCUT2D eigenvalue weighted by Gasteiger charge is 2.45. The van der Waals surface area contributed by atoms with E-state index in [1.54, 1.807) is 0 Å². The number of nitrogens with zero attached hydrogens (tertiary/aromatic N) is 1. The van der Waals surface area contributed by atoms with Crippen LogP contribution in [0.2, 0.25) is 0 Å². The molecule has 2 N–H and O–H groups in total. The average molecular weight is 280 g/mol. The van der Waals surface area contributed by atoms with Crippen molar-refractivity contribution < 1.29 is 4.74 Å². The summed E-state index contributed by atoms with van der Waals surface area (Å²) in [5, 5.41) is 0. The highest BCUT2D eigenvalue weighted by atomic mass is 16.5. The van der Waals surface area contributed by atoms with E-state index in [1.165, 1.54) is 64.5 Å². The summed E-state index contributed by atoms with van der Waals surface area (Å²) < 4.78 is 5.80. The molecule has 0 bridgehead atoms. The van der Waals surface area contributed by atoms with Crippen molar-refractivity contribution >= 4 is 0 Å². The zero-order chi connectivity index (χ0) is 14.0. The monoisotopic (exact) mass is 280 g/mol. The smallest absolute Gasteiger partial charge is 0.0599 e. The van der Waals surface area contributed by atoms with Crippen molar-refractivity contribution in [2.45, 2.75) is 69.9 Å². The second-order valence-corrected chi connectivity index (χ2v) is 7.26. The third kappa shape index (κ3) is 3.05. The van der Waals surface area contributed by atoms with Crippen molar-refractivity contribution in [1.29, 1.82) is 0 Å². The van der Waals surface area contributed by atoms with Gasteiger partial charge in [0, 0.05) is 31.8 Å². The van der Waals surface area contributed by atoms with Crippen molar-refractivity contribution in [3.63, 3.8) is 0 Å². The van der Waals surface area contributed by atoms with E-state index in [2.05, 4.69) is 11.8 Å². The first-order chi connectivity index (χ1) is 9.77. The van der Waals surface area contributed by atoms with E-state index in [9.17, 15) is 0 Å². The first kappa shape index (κ1) is 14.8. The summed E-state index contributed by atoms with van der Waals surface area (Å²) in [4.78, 5) is 2.73. The lowest BCUT2D eigenvalue weighted by Crippen LogP contribution is -2.59. The summed E-state index contributed by atoms with van der Waals surface area (Å²) in [7, 11) is 0. The molecule has 0 spiro atoms. The van der Waals surface area contributed by atoms with Gasteiger partial charge in [0.1, 0.15) is 0 Å². The van der Waals surface area contributed by atoms with Gasteiger partial charge in [0.2, 0.25) is 0 Å². The lowest BCUT2D eigenvalue weighted by atomic mass is 9.72. The summed E-state index contributed by atoms with van der Waals surface area (Å²) in [6, 6.07) is 0. The molecule has 2 atom stereocenters. The van der Waals surface area contributed by atoms with Crippen LogP contribution in [0.15, 0.2) is 0 Å². The lowest BCUT2D eigenvalue weighted by Gasteiger charge is -2.50. The maximum atomic E-state index is 6.27. The molecule has 2 unspecified atom stereocenters. The van der Waals surface area contributed by atoms with Crippen LogP contribution in [0.5, 0.6) is 0 Å². The summed E-state index contributed by atoms with van der Waals surface area (Å²) in [6.45, 7) is 6.21. The van der Waals surface area contributed by atoms with E-state index in [-0.39, 0.29) is 0 Å². The largest absolute Gasteiger partial charge is 0.378 e. The molecule has 3 heteroatoms. The predicted octanol–water partition coefficient (Wildman–Crippen LogP) is 2.79. The molecule has 0 aromatic carbocycles. The normalized spacial score (nSPS) is 37.2. The van der Waals surface area contributed by atoms with E-state index < -0.39 is 0 Å². The molecule has 3 fully saturated rings. The summed E-state index contributed by atoms with van der Waals surface area (Å²) >= 11 is 0. The Bertz CT molecular complexity index is 310. The Morgan fingerprint density at radius 1 is 1.10 bits per heavy atom. The molecule has 2 saturated carbocycles. The van der Waals surface area contributed by atoms with Crippen molar-refractivity contribution in [3.05, 3.63) is 0 Å². The van der Waals surface area contributed by atoms with Gasteiger partial charge in [-0.2, -0.15) is 0 Å². The van der Waals surface area contributed by atoms with Crippen LogP contribution >= 0.6 is 0 Å². The number of likely N-dealkylation sites (tertiary alicyclic amines) is 1. The second-order valence-electron chi connectivity index (χ2n) is 7.26. The number of hydrogen-bond donors (Lipinski definition) is 1. The Balaban J connectivity index is 1.60. The zero-order valence-corrected chi connectivity index (χ0v) is 13.2. The first-order valence-electron chi connectivity index (χ1n) is 8.84. The van der Waals surface area contributed by atoms with Crippen LogP contribution in [0.1, 0.15) is 58.3 Å². The van der Waals surface area contributed by atoms with Crippen molar-refractivity contribution in [1.82, 2.24) is 4.90 Å². The Kier molecular flexibility index (Phi) is 4.68. The fraction of sp³-hybridized carbons (Fsp3) is 1.00. The molecule has 3 aliphatic rings. The van der Waals surface area contributed by atoms with Gasteiger partial charge in [-0.1, -0.05) is 12.8 Å². The third-order valence-electron chi connectivity index (χ3n) is 6.04. The maximum absolute atomic E-state index is 6.27. The van der Waals surface area contributed by atoms with E-state index in [4.69, 9.17) is 10.5 Å². The fourth-order valence-electron chi connectivity index (χ4n) is 4.69. The van der Waals surface area contributed by atoms with Crippen LogP contribution in [-0.4, -0.2) is 42.8 Å². The minimum atomic E-state index is 0.322. The minimum Gasteiger partial charge on any atom is -0.378 e. The molecule has 3 nitrogen and oxygen atoms in total. The van der Waals surface area contributed by atoms with Crippen LogP contribution < -0.4 is 5.73 Å². The van der Waals surface area contributed by atoms with Crippen LogP contribution in [0.3, 0.4) is 0 Å². The summed E-state index contributed by atoms with van der Waals surface area (Å²) in [6.07, 6.45) is 11.4. The molecule has 1 aliphatic heterocycles. The van der Waals surface area contributed by atoms with Gasteiger partial charge < -0.3 is 10.5 Å². The van der Waals surface area contributed by atoms with Gasteiger partial charge in [-0.3, -0.25) is 4.90 Å². The van der Waals surface area contributed by atoms with E-state index >= 15 is 0 Å². The van der Waals surface area contributed by atoms with Crippen LogP contribution in [0, 0.1) is 11.8 Å². The van der Waals surface area contributed by atoms with E-state index in [0.717, 1.165) is 25.0 Å². The number of piperidine rings is 1. The topological polar surface area (TPSA) is 38.5 Å². The van der Waals surface area contributed by atoms with Crippen molar-refractivity contribution in [2.24, 2.45) is 17.6 Å². The highest BCUT2D eigenvalue weighted by Crippen LogP contribution is 2.48. The van der Waals surface area contributed by atoms with Crippen LogP contribution in [0.25, 0.3) is 0 Å². The van der Waals surface area contributed by atoms with Gasteiger partial charge in [-0.05, 0) is 57.3 Å². The van der Waals surface area contributed by atoms with Crippen molar-refractivity contribution in [2.75, 3.05) is 26.2 Å². The molecular formula is C17H32N2O. The maximum Gasteiger partial charge on any atom is 0.0599 e. The second kappa shape index (κ2) is 6.33. The van der Waals surface area contributed by atoms with Gasteiger partial charge >= 0.3 is 0 Å². The molecule has 1 saturated heterocycles. The SMILES string of the molecule is CCOC1CCN(C2(CN)CCCC(C3CC3)C2)CC1. The van der Waals surface area contributed by atoms with Gasteiger partial charge in [-0.15, -0.1) is 0 Å². The Morgan fingerprint density at radius 2 is 1.85 bits per heavy atom. The molecule has 3 rings (SSSR count). The zero-order valence-electron chi connectivity index (χ0n) is 13.2. The first-order valence-corrected chi connectivity index (χ1v) is 8.84. The van der Waals surface area contributed by atoms with Crippen LogP contribution in [-0.2, 0) is 4.74 Å². The van der Waals surface area contributed by atoms with Gasteiger partial charge in [0.05, 0.1) is 6.10 Å². The van der Waals surface area contributed by atoms with E-state index in [1.807, 2.05) is 0 Å². The number of nitrogens with two attached hydrogens (primary N) is 1. The standard InChI is InChI=1S/C17H32N2O/c1-2-20-16-7-10-19(11-8-16)17(13-18)9-3-4-15(12-17)14-5-6-14/h14-16H,2-13,18H2,1H3. The molecule has 0 radical (unpaired) electrons. The summed E-state index contributed by atoms with van der Waals surface area (Å²) in [5.74, 6) is 2.01. The van der Waals surface area contributed by atoms with Gasteiger partial charge in [0.25, 0.3) is 0 Å². The predicted molar refractivity (Wildman–Crippen MR) is 82.7 cm³/mol. The Morgan fingerprint density at radius 3 is 2.45 bits per heavy atom. The lowest BCUT2D eigenvalue weighted by molar-refractivity contribution is -0.0371. The fourth-order valence-corrected chi connectivity index (χ4v) is 4.69. The quantitative estimate of drug-likeness (QED) is 0.841. The number of ether oxygens (including phenoxy) is 1. The highest BCUT2D eigenvalue weighted by molar-refractivity contribution is 5.00. The third-order valence-corrected chi connectivity index (χ3v) is 6.04. The number of hydrogen-bond acceptors (Lipinski definition) is 3. The summed E-state index contributed by atoms with van der Waals surface area (Å²) in [5.41, 5.74) is 6.59. The molecule has 1 heterocycles. The molecular weight excluding hydrogens is 248 g/mol. The van der Waals surface area contributed by atoms with Gasteiger partial charge in [-0.25, -0.2) is 0 Å². The van der Waals surface area contributed by atoms with E-state index in [0.29, 0.717) is 11.6 Å². The number of rotatable bonds is 5. The molecule has 20 heavy (non-hydrogen) atoms. The Labute approximate surface area is 124 Å². The molecule has 2 aliphatic carbocycles. The van der Waals surface area contributed by atoms with Gasteiger partial charge in [0.15, 0.2) is 0 Å².